The Hall–Kier alpha value is -1.80. The van der Waals surface area contributed by atoms with E-state index in [4.69, 9.17) is 9.84 Å². The van der Waals surface area contributed by atoms with Crippen molar-refractivity contribution in [3.63, 3.8) is 0 Å². The lowest BCUT2D eigenvalue weighted by Crippen LogP contribution is -2.16. The standard InChI is InChI=1S/C19H22O2/c20-13-12-15-8-10-18(11-9-15)21-14-17-6-3-5-16-4-1-2-7-19(16)17/h1-2,4,7-11,17,20H,3,5-6,12-14H2. The molecule has 0 saturated carbocycles. The maximum Gasteiger partial charge on any atom is 0.119 e. The summed E-state index contributed by atoms with van der Waals surface area (Å²) in [6.45, 7) is 0.940. The lowest BCUT2D eigenvalue weighted by molar-refractivity contribution is 0.274. The van der Waals surface area contributed by atoms with Gasteiger partial charge in [0.1, 0.15) is 5.75 Å². The Labute approximate surface area is 126 Å². The SMILES string of the molecule is OCCc1ccc(OCC2CCCc3ccccc32)cc1. The molecular formula is C19H22O2. The van der Waals surface area contributed by atoms with Crippen molar-refractivity contribution in [2.45, 2.75) is 31.6 Å². The number of hydrogen-bond donors (Lipinski definition) is 1. The minimum absolute atomic E-state index is 0.194. The summed E-state index contributed by atoms with van der Waals surface area (Å²) in [5.41, 5.74) is 4.09. The number of ether oxygens (including phenoxy) is 1. The highest BCUT2D eigenvalue weighted by Gasteiger charge is 2.20. The summed E-state index contributed by atoms with van der Waals surface area (Å²) in [6, 6.07) is 16.8. The summed E-state index contributed by atoms with van der Waals surface area (Å²) in [5.74, 6) is 1.42. The number of fused-ring (bicyclic) bond motifs is 1. The quantitative estimate of drug-likeness (QED) is 0.905. The molecule has 1 aliphatic carbocycles. The van der Waals surface area contributed by atoms with Crippen LogP contribution in [0.5, 0.6) is 5.75 Å². The van der Waals surface area contributed by atoms with Gasteiger partial charge in [-0.1, -0.05) is 36.4 Å². The Bertz CT molecular complexity index is 574. The second kappa shape index (κ2) is 6.77. The second-order valence-electron chi connectivity index (χ2n) is 5.72. The molecule has 2 nitrogen and oxygen atoms in total. The van der Waals surface area contributed by atoms with Gasteiger partial charge in [-0.25, -0.2) is 0 Å². The smallest absolute Gasteiger partial charge is 0.119 e. The van der Waals surface area contributed by atoms with Gasteiger partial charge in [0.15, 0.2) is 0 Å². The Balaban J connectivity index is 1.63. The first-order valence-electron chi connectivity index (χ1n) is 7.77. The summed E-state index contributed by atoms with van der Waals surface area (Å²) < 4.78 is 5.97. The van der Waals surface area contributed by atoms with Crippen molar-refractivity contribution in [2.24, 2.45) is 0 Å². The van der Waals surface area contributed by atoms with Crippen LogP contribution in [0.4, 0.5) is 0 Å². The highest BCUT2D eigenvalue weighted by molar-refractivity contribution is 5.33. The van der Waals surface area contributed by atoms with E-state index in [-0.39, 0.29) is 6.61 Å². The van der Waals surface area contributed by atoms with Crippen molar-refractivity contribution in [3.8, 4) is 5.75 Å². The van der Waals surface area contributed by atoms with E-state index in [1.165, 1.54) is 30.4 Å². The first-order chi connectivity index (χ1) is 10.4. The van der Waals surface area contributed by atoms with Crippen molar-refractivity contribution in [1.82, 2.24) is 0 Å². The molecule has 3 rings (SSSR count). The molecule has 1 aliphatic rings. The van der Waals surface area contributed by atoms with Gasteiger partial charge in [-0.3, -0.25) is 0 Å². The van der Waals surface area contributed by atoms with Gasteiger partial charge >= 0.3 is 0 Å². The van der Waals surface area contributed by atoms with Crippen LogP contribution in [0, 0.1) is 0 Å². The van der Waals surface area contributed by atoms with Crippen molar-refractivity contribution in [2.75, 3.05) is 13.2 Å². The molecule has 0 fully saturated rings. The average Bonchev–Trinajstić information content (AvgIpc) is 2.54. The fourth-order valence-electron chi connectivity index (χ4n) is 3.11. The van der Waals surface area contributed by atoms with E-state index in [0.717, 1.165) is 17.9 Å². The third-order valence-corrected chi connectivity index (χ3v) is 4.27. The highest BCUT2D eigenvalue weighted by Crippen LogP contribution is 2.31. The van der Waals surface area contributed by atoms with Crippen LogP contribution in [0.3, 0.4) is 0 Å². The van der Waals surface area contributed by atoms with Crippen LogP contribution in [0.15, 0.2) is 48.5 Å². The lowest BCUT2D eigenvalue weighted by Gasteiger charge is -2.25. The maximum absolute atomic E-state index is 8.92. The normalized spacial score (nSPS) is 17.3. The zero-order valence-corrected chi connectivity index (χ0v) is 12.3. The predicted octanol–water partition coefficient (Wildman–Crippen LogP) is 3.72. The molecule has 2 heteroatoms. The molecule has 2 aromatic rings. The van der Waals surface area contributed by atoms with Crippen LogP contribution in [0.25, 0.3) is 0 Å². The molecule has 1 N–H and O–H groups in total. The molecule has 1 unspecified atom stereocenters. The Morgan fingerprint density at radius 3 is 2.67 bits per heavy atom. The maximum atomic E-state index is 8.92. The third-order valence-electron chi connectivity index (χ3n) is 4.27. The molecule has 0 bridgehead atoms. The zero-order valence-electron chi connectivity index (χ0n) is 12.3. The molecule has 0 spiro atoms. The van der Waals surface area contributed by atoms with Gasteiger partial charge in [0, 0.05) is 12.5 Å². The van der Waals surface area contributed by atoms with Crippen LogP contribution < -0.4 is 4.74 Å². The minimum Gasteiger partial charge on any atom is -0.493 e. The zero-order chi connectivity index (χ0) is 14.5. The van der Waals surface area contributed by atoms with E-state index in [1.54, 1.807) is 0 Å². The number of aliphatic hydroxyl groups is 1. The average molecular weight is 282 g/mol. The van der Waals surface area contributed by atoms with Crippen LogP contribution in [-0.2, 0) is 12.8 Å². The number of hydrogen-bond acceptors (Lipinski definition) is 2. The van der Waals surface area contributed by atoms with Crippen LogP contribution in [0.1, 0.15) is 35.4 Å². The number of rotatable bonds is 5. The Morgan fingerprint density at radius 2 is 1.86 bits per heavy atom. The van der Waals surface area contributed by atoms with Gasteiger partial charge in [-0.15, -0.1) is 0 Å². The van der Waals surface area contributed by atoms with Gasteiger partial charge in [-0.05, 0) is 54.5 Å². The summed E-state index contributed by atoms with van der Waals surface area (Å²) in [5, 5.41) is 8.92. The number of benzene rings is 2. The van der Waals surface area contributed by atoms with E-state index in [2.05, 4.69) is 24.3 Å². The van der Waals surface area contributed by atoms with Gasteiger partial charge in [0.2, 0.25) is 0 Å². The van der Waals surface area contributed by atoms with Gasteiger partial charge in [0.25, 0.3) is 0 Å². The molecule has 0 amide bonds. The molecule has 0 aromatic heterocycles. The van der Waals surface area contributed by atoms with Crippen LogP contribution in [-0.4, -0.2) is 18.3 Å². The van der Waals surface area contributed by atoms with Crippen molar-refractivity contribution < 1.29 is 9.84 Å². The van der Waals surface area contributed by atoms with Gasteiger partial charge in [0.05, 0.1) is 6.61 Å². The van der Waals surface area contributed by atoms with E-state index < -0.39 is 0 Å². The summed E-state index contributed by atoms with van der Waals surface area (Å²) in [4.78, 5) is 0. The lowest BCUT2D eigenvalue weighted by atomic mass is 9.83. The van der Waals surface area contributed by atoms with Crippen molar-refractivity contribution >= 4 is 0 Å². The summed E-state index contributed by atoms with van der Waals surface area (Å²) in [7, 11) is 0. The summed E-state index contributed by atoms with van der Waals surface area (Å²) >= 11 is 0. The monoisotopic (exact) mass is 282 g/mol. The van der Waals surface area contributed by atoms with E-state index >= 15 is 0 Å². The van der Waals surface area contributed by atoms with E-state index in [0.29, 0.717) is 12.3 Å². The molecule has 0 aliphatic heterocycles. The highest BCUT2D eigenvalue weighted by atomic mass is 16.5. The molecule has 110 valence electrons. The largest absolute Gasteiger partial charge is 0.493 e. The molecule has 1 atom stereocenters. The number of aliphatic hydroxyl groups excluding tert-OH is 1. The minimum atomic E-state index is 0.194. The molecule has 0 saturated heterocycles. The Morgan fingerprint density at radius 1 is 1.05 bits per heavy atom. The topological polar surface area (TPSA) is 29.5 Å². The van der Waals surface area contributed by atoms with Crippen molar-refractivity contribution in [1.29, 1.82) is 0 Å². The molecule has 2 aromatic carbocycles. The number of aryl methyl sites for hydroxylation is 1. The second-order valence-corrected chi connectivity index (χ2v) is 5.72. The molecular weight excluding hydrogens is 260 g/mol. The predicted molar refractivity (Wildman–Crippen MR) is 84.8 cm³/mol. The Kier molecular flexibility index (Phi) is 4.56. The van der Waals surface area contributed by atoms with Crippen LogP contribution >= 0.6 is 0 Å². The van der Waals surface area contributed by atoms with Crippen molar-refractivity contribution in [3.05, 3.63) is 65.2 Å². The molecule has 0 radical (unpaired) electrons. The summed E-state index contributed by atoms with van der Waals surface area (Å²) in [6.07, 6.45) is 4.36. The van der Waals surface area contributed by atoms with Gasteiger partial charge in [-0.2, -0.15) is 0 Å². The third kappa shape index (κ3) is 3.45. The first kappa shape index (κ1) is 14.2. The van der Waals surface area contributed by atoms with Crippen LogP contribution in [0.2, 0.25) is 0 Å². The molecule has 0 heterocycles. The van der Waals surface area contributed by atoms with E-state index in [1.807, 2.05) is 24.3 Å². The van der Waals surface area contributed by atoms with Gasteiger partial charge < -0.3 is 9.84 Å². The molecule has 21 heavy (non-hydrogen) atoms. The fourth-order valence-corrected chi connectivity index (χ4v) is 3.11. The fraction of sp³-hybridized carbons (Fsp3) is 0.368. The first-order valence-corrected chi connectivity index (χ1v) is 7.77. The van der Waals surface area contributed by atoms with E-state index in [9.17, 15) is 0 Å².